The van der Waals surface area contributed by atoms with Gasteiger partial charge in [0.05, 0.1) is 23.3 Å². The molecule has 0 spiro atoms. The molecule has 6 aromatic carbocycles. The zero-order chi connectivity index (χ0) is 44.7. The maximum absolute atomic E-state index is 9.83. The number of aliphatic hydroxyl groups is 2. The normalized spacial score (nSPS) is 12.8. The van der Waals surface area contributed by atoms with Gasteiger partial charge in [0.15, 0.2) is 34.9 Å². The second-order valence-electron chi connectivity index (χ2n) is 15.5. The molecule has 0 fully saturated rings. The van der Waals surface area contributed by atoms with Crippen LogP contribution in [-0.4, -0.2) is 64.5 Å². The van der Waals surface area contributed by atoms with Gasteiger partial charge in [-0.2, -0.15) is 0 Å². The smallest absolute Gasteiger partial charge is 0.167 e. The van der Waals surface area contributed by atoms with Crippen LogP contribution in [0.3, 0.4) is 0 Å². The van der Waals surface area contributed by atoms with Gasteiger partial charge in [0, 0.05) is 35.1 Å². The summed E-state index contributed by atoms with van der Waals surface area (Å²) >= 11 is 0. The van der Waals surface area contributed by atoms with Gasteiger partial charge in [-0.05, 0) is 51.0 Å². The largest absolute Gasteiger partial charge is 0.490 e. The molecule has 10 nitrogen and oxygen atoms in total. The predicted octanol–water partition coefficient (Wildman–Crippen LogP) is 11.6. The van der Waals surface area contributed by atoms with Crippen LogP contribution in [0.2, 0.25) is 0 Å². The highest BCUT2D eigenvalue weighted by Crippen LogP contribution is 2.34. The summed E-state index contributed by atoms with van der Waals surface area (Å²) in [6.07, 6.45) is 1.65. The molecule has 8 aromatic rings. The van der Waals surface area contributed by atoms with Crippen LogP contribution in [0.4, 0.5) is 0 Å². The molecule has 2 N–H and O–H groups in total. The second kappa shape index (κ2) is 22.3. The fraction of sp³-hybridized carbons (Fsp3) is 0.222. The maximum atomic E-state index is 9.83. The van der Waals surface area contributed by atoms with Crippen LogP contribution < -0.4 is 9.47 Å². The van der Waals surface area contributed by atoms with Crippen LogP contribution >= 0.6 is 0 Å². The molecule has 0 aliphatic rings. The van der Waals surface area contributed by atoms with Crippen molar-refractivity contribution in [3.8, 4) is 79.8 Å². The Morgan fingerprint density at radius 3 is 0.875 bits per heavy atom. The zero-order valence-corrected chi connectivity index (χ0v) is 36.7. The molecule has 0 aliphatic heterocycles. The molecule has 0 bridgehead atoms. The van der Waals surface area contributed by atoms with Crippen LogP contribution in [0.1, 0.15) is 53.4 Å². The van der Waals surface area contributed by atoms with Crippen LogP contribution in [0.25, 0.3) is 68.3 Å². The van der Waals surface area contributed by atoms with Crippen molar-refractivity contribution in [1.82, 2.24) is 29.9 Å². The van der Waals surface area contributed by atoms with Gasteiger partial charge in [0.2, 0.25) is 0 Å². The predicted molar refractivity (Wildman–Crippen MR) is 254 cm³/mol. The lowest BCUT2D eigenvalue weighted by Crippen LogP contribution is -2.21. The molecule has 4 atom stereocenters. The van der Waals surface area contributed by atoms with E-state index in [1.165, 1.54) is 0 Å². The molecule has 0 radical (unpaired) electrons. The van der Waals surface area contributed by atoms with Crippen molar-refractivity contribution in [3.05, 3.63) is 170 Å². The Balaban J connectivity index is 0.000000191. The maximum Gasteiger partial charge on any atom is 0.167 e. The molecule has 0 saturated carbocycles. The van der Waals surface area contributed by atoms with E-state index in [2.05, 4.69) is 13.8 Å². The third kappa shape index (κ3) is 12.1. The van der Waals surface area contributed by atoms with E-state index in [9.17, 15) is 10.2 Å². The molecule has 0 aliphatic carbocycles. The number of benzene rings is 6. The number of para-hydroxylation sites is 2. The number of ether oxygens (including phenoxy) is 2. The minimum Gasteiger partial charge on any atom is -0.490 e. The van der Waals surface area contributed by atoms with Crippen LogP contribution in [0.15, 0.2) is 170 Å². The van der Waals surface area contributed by atoms with E-state index in [4.69, 9.17) is 39.4 Å². The van der Waals surface area contributed by atoms with Crippen molar-refractivity contribution in [3.63, 3.8) is 0 Å². The molecule has 2 aromatic heterocycles. The SMILES string of the molecule is CCC(CC(C)O)Oc1ccccc1-c1nc(-c2ccccc2)nc(-c2ccccc2)n1.CCC(CC(C)O)Oc1ccccc1-c1nc(-c2ccccc2)nc(-c2ccccc2)n1. The number of rotatable bonds is 16. The fourth-order valence-electron chi connectivity index (χ4n) is 7.08. The molecule has 4 unspecified atom stereocenters. The lowest BCUT2D eigenvalue weighted by molar-refractivity contribution is 0.103. The number of aliphatic hydroxyl groups excluding tert-OH is 2. The van der Waals surface area contributed by atoms with Crippen molar-refractivity contribution < 1.29 is 19.7 Å². The van der Waals surface area contributed by atoms with E-state index in [0.29, 0.717) is 59.3 Å². The molecule has 0 amide bonds. The average Bonchev–Trinajstić information content (AvgIpc) is 3.34. The lowest BCUT2D eigenvalue weighted by atomic mass is 10.1. The third-order valence-corrected chi connectivity index (χ3v) is 10.4. The van der Waals surface area contributed by atoms with Crippen LogP contribution in [0.5, 0.6) is 11.5 Å². The number of aromatic nitrogens is 6. The van der Waals surface area contributed by atoms with Crippen molar-refractivity contribution in [2.24, 2.45) is 0 Å². The Bertz CT molecular complexity index is 2370. The summed E-state index contributed by atoms with van der Waals surface area (Å²) in [5, 5.41) is 19.7. The summed E-state index contributed by atoms with van der Waals surface area (Å²) in [7, 11) is 0. The molecule has 0 saturated heterocycles. The van der Waals surface area contributed by atoms with Gasteiger partial charge in [0.1, 0.15) is 23.7 Å². The van der Waals surface area contributed by atoms with E-state index in [1.807, 2.05) is 170 Å². The Labute approximate surface area is 375 Å². The monoisotopic (exact) mass is 850 g/mol. The molecule has 10 heteroatoms. The van der Waals surface area contributed by atoms with Gasteiger partial charge in [-0.3, -0.25) is 0 Å². The first-order chi connectivity index (χ1) is 31.3. The first-order valence-corrected chi connectivity index (χ1v) is 21.9. The van der Waals surface area contributed by atoms with E-state index in [0.717, 1.165) is 46.2 Å². The highest BCUT2D eigenvalue weighted by atomic mass is 16.5. The van der Waals surface area contributed by atoms with Gasteiger partial charge in [0.25, 0.3) is 0 Å². The van der Waals surface area contributed by atoms with Crippen molar-refractivity contribution in [2.75, 3.05) is 0 Å². The van der Waals surface area contributed by atoms with Gasteiger partial charge in [-0.25, -0.2) is 29.9 Å². The summed E-state index contributed by atoms with van der Waals surface area (Å²) in [4.78, 5) is 28.7. The topological polar surface area (TPSA) is 136 Å². The van der Waals surface area contributed by atoms with Gasteiger partial charge in [-0.15, -0.1) is 0 Å². The minimum absolute atomic E-state index is 0.0971. The quantitative estimate of drug-likeness (QED) is 0.0966. The first-order valence-electron chi connectivity index (χ1n) is 21.9. The molecule has 8 rings (SSSR count). The number of nitrogens with zero attached hydrogens (tertiary/aromatic N) is 6. The van der Waals surface area contributed by atoms with E-state index < -0.39 is 12.2 Å². The van der Waals surface area contributed by atoms with Crippen LogP contribution in [0, 0.1) is 0 Å². The van der Waals surface area contributed by atoms with Gasteiger partial charge in [-0.1, -0.05) is 159 Å². The van der Waals surface area contributed by atoms with E-state index >= 15 is 0 Å². The number of hydrogen-bond acceptors (Lipinski definition) is 10. The van der Waals surface area contributed by atoms with Crippen molar-refractivity contribution >= 4 is 0 Å². The lowest BCUT2D eigenvalue weighted by Gasteiger charge is -2.21. The van der Waals surface area contributed by atoms with E-state index in [1.54, 1.807) is 13.8 Å². The molecule has 324 valence electrons. The highest BCUT2D eigenvalue weighted by molar-refractivity contribution is 5.71. The average molecular weight is 851 g/mol. The fourth-order valence-corrected chi connectivity index (χ4v) is 7.08. The van der Waals surface area contributed by atoms with Crippen LogP contribution in [-0.2, 0) is 0 Å². The molecule has 2 heterocycles. The third-order valence-electron chi connectivity index (χ3n) is 10.4. The van der Waals surface area contributed by atoms with Gasteiger partial charge < -0.3 is 19.7 Å². The van der Waals surface area contributed by atoms with Crippen molar-refractivity contribution in [2.45, 2.75) is 77.8 Å². The standard InChI is InChI=1S/2C27H27N3O2/c2*1-3-22(18-19(2)31)32-24-17-11-10-16-23(24)27-29-25(20-12-6-4-7-13-20)28-26(30-27)21-14-8-5-9-15-21/h2*4-17,19,22,31H,3,18H2,1-2H3. The summed E-state index contributed by atoms with van der Waals surface area (Å²) in [5.41, 5.74) is 5.29. The van der Waals surface area contributed by atoms with Gasteiger partial charge >= 0.3 is 0 Å². The summed E-state index contributed by atoms with van der Waals surface area (Å²) in [5.74, 6) is 4.95. The Hall–Kier alpha value is -7.14. The number of hydrogen-bond donors (Lipinski definition) is 2. The molecular weight excluding hydrogens is 797 g/mol. The zero-order valence-electron chi connectivity index (χ0n) is 36.7. The minimum atomic E-state index is -0.432. The first kappa shape index (κ1) is 44.9. The second-order valence-corrected chi connectivity index (χ2v) is 15.5. The summed E-state index contributed by atoms with van der Waals surface area (Å²) in [6.45, 7) is 7.67. The summed E-state index contributed by atoms with van der Waals surface area (Å²) < 4.78 is 12.6. The summed E-state index contributed by atoms with van der Waals surface area (Å²) in [6, 6.07) is 55.1. The highest BCUT2D eigenvalue weighted by Gasteiger charge is 2.20. The molecular formula is C54H54N6O4. The Morgan fingerprint density at radius 1 is 0.359 bits per heavy atom. The van der Waals surface area contributed by atoms with E-state index in [-0.39, 0.29) is 12.2 Å². The Morgan fingerprint density at radius 2 is 0.609 bits per heavy atom. The molecule has 64 heavy (non-hydrogen) atoms. The Kier molecular flexibility index (Phi) is 15.6. The van der Waals surface area contributed by atoms with Crippen molar-refractivity contribution in [1.29, 1.82) is 0 Å².